The number of halogens is 1. The third kappa shape index (κ3) is 2.51. The zero-order valence-electron chi connectivity index (χ0n) is 7.53. The van der Waals surface area contributed by atoms with Crippen LogP contribution in [0.4, 0.5) is 4.39 Å². The normalized spacial score (nSPS) is 13.5. The standard InChI is InChI=1S/C9H17F/c1-6(2)8(5)9(10)7(3)4/h6,8H,1-5H3/t8-/m1/s1. The van der Waals surface area contributed by atoms with Crippen LogP contribution in [0.1, 0.15) is 34.6 Å². The fourth-order valence-corrected chi connectivity index (χ4v) is 0.748. The molecule has 0 aromatic rings. The first kappa shape index (κ1) is 9.67. The van der Waals surface area contributed by atoms with E-state index in [1.165, 1.54) is 0 Å². The summed E-state index contributed by atoms with van der Waals surface area (Å²) in [5.41, 5.74) is 0.807. The van der Waals surface area contributed by atoms with Crippen LogP contribution in [0, 0.1) is 11.8 Å². The van der Waals surface area contributed by atoms with Gasteiger partial charge in [-0.15, -0.1) is 0 Å². The highest BCUT2D eigenvalue weighted by Gasteiger charge is 2.12. The summed E-state index contributed by atoms with van der Waals surface area (Å²) in [5.74, 6) is 0.523. The summed E-state index contributed by atoms with van der Waals surface area (Å²) in [7, 11) is 0. The lowest BCUT2D eigenvalue weighted by Gasteiger charge is -2.13. The van der Waals surface area contributed by atoms with E-state index in [1.54, 1.807) is 0 Å². The molecule has 10 heavy (non-hydrogen) atoms. The van der Waals surface area contributed by atoms with E-state index in [4.69, 9.17) is 0 Å². The number of hydrogen-bond donors (Lipinski definition) is 0. The Bertz CT molecular complexity index is 130. The average Bonchev–Trinajstić information content (AvgIpc) is 1.84. The second-order valence-electron chi connectivity index (χ2n) is 3.38. The third-order valence-corrected chi connectivity index (χ3v) is 1.88. The minimum absolute atomic E-state index is 0.0509. The lowest BCUT2D eigenvalue weighted by atomic mass is 9.95. The van der Waals surface area contributed by atoms with Gasteiger partial charge in [0, 0.05) is 5.92 Å². The quantitative estimate of drug-likeness (QED) is 0.556. The van der Waals surface area contributed by atoms with E-state index in [0.29, 0.717) is 5.92 Å². The molecule has 0 radical (unpaired) electrons. The van der Waals surface area contributed by atoms with Crippen molar-refractivity contribution in [2.24, 2.45) is 11.8 Å². The molecule has 0 aliphatic rings. The van der Waals surface area contributed by atoms with Gasteiger partial charge in [-0.05, 0) is 25.3 Å². The number of allylic oxidation sites excluding steroid dienone is 2. The molecule has 0 aliphatic carbocycles. The molecule has 0 aliphatic heterocycles. The van der Waals surface area contributed by atoms with E-state index in [9.17, 15) is 4.39 Å². The van der Waals surface area contributed by atoms with Gasteiger partial charge in [-0.2, -0.15) is 0 Å². The summed E-state index contributed by atoms with van der Waals surface area (Å²) in [6.07, 6.45) is 0. The van der Waals surface area contributed by atoms with Gasteiger partial charge in [0.2, 0.25) is 0 Å². The van der Waals surface area contributed by atoms with Crippen molar-refractivity contribution < 1.29 is 4.39 Å². The van der Waals surface area contributed by atoms with Crippen molar-refractivity contribution >= 4 is 0 Å². The van der Waals surface area contributed by atoms with Crippen molar-refractivity contribution in [2.45, 2.75) is 34.6 Å². The number of hydrogen-bond acceptors (Lipinski definition) is 0. The molecule has 0 saturated heterocycles. The molecule has 0 saturated carbocycles. The van der Waals surface area contributed by atoms with E-state index in [1.807, 2.05) is 34.6 Å². The van der Waals surface area contributed by atoms with Gasteiger partial charge < -0.3 is 0 Å². The Kier molecular flexibility index (Phi) is 3.62. The van der Waals surface area contributed by atoms with Crippen LogP contribution >= 0.6 is 0 Å². The predicted molar refractivity (Wildman–Crippen MR) is 43.5 cm³/mol. The van der Waals surface area contributed by atoms with Crippen LogP contribution in [-0.2, 0) is 0 Å². The van der Waals surface area contributed by atoms with E-state index in [-0.39, 0.29) is 11.7 Å². The maximum atomic E-state index is 13.0. The molecule has 1 atom stereocenters. The van der Waals surface area contributed by atoms with E-state index >= 15 is 0 Å². The molecular formula is C9H17F. The molecule has 0 aromatic heterocycles. The van der Waals surface area contributed by atoms with Crippen molar-refractivity contribution in [2.75, 3.05) is 0 Å². The molecule has 0 aromatic carbocycles. The molecule has 0 heterocycles. The molecule has 0 unspecified atom stereocenters. The molecule has 0 bridgehead atoms. The van der Waals surface area contributed by atoms with E-state index in [0.717, 1.165) is 5.57 Å². The van der Waals surface area contributed by atoms with Crippen LogP contribution in [0.2, 0.25) is 0 Å². The second kappa shape index (κ2) is 3.75. The molecule has 0 spiro atoms. The minimum Gasteiger partial charge on any atom is -0.212 e. The maximum Gasteiger partial charge on any atom is 0.102 e. The largest absolute Gasteiger partial charge is 0.212 e. The van der Waals surface area contributed by atoms with Crippen molar-refractivity contribution in [1.29, 1.82) is 0 Å². The lowest BCUT2D eigenvalue weighted by Crippen LogP contribution is -2.05. The summed E-state index contributed by atoms with van der Waals surface area (Å²) >= 11 is 0. The average molecular weight is 144 g/mol. The van der Waals surface area contributed by atoms with Gasteiger partial charge in [0.15, 0.2) is 0 Å². The fraction of sp³-hybridized carbons (Fsp3) is 0.778. The molecular weight excluding hydrogens is 127 g/mol. The Labute approximate surface area is 63.1 Å². The van der Waals surface area contributed by atoms with Gasteiger partial charge in [-0.1, -0.05) is 20.8 Å². The van der Waals surface area contributed by atoms with Gasteiger partial charge in [-0.25, -0.2) is 4.39 Å². The van der Waals surface area contributed by atoms with Crippen LogP contribution in [0.5, 0.6) is 0 Å². The highest BCUT2D eigenvalue weighted by molar-refractivity contribution is 5.05. The minimum atomic E-state index is 0.0509. The lowest BCUT2D eigenvalue weighted by molar-refractivity contribution is 0.389. The van der Waals surface area contributed by atoms with Crippen molar-refractivity contribution in [3.8, 4) is 0 Å². The highest BCUT2D eigenvalue weighted by Crippen LogP contribution is 2.23. The summed E-state index contributed by atoms with van der Waals surface area (Å²) in [4.78, 5) is 0. The van der Waals surface area contributed by atoms with Crippen molar-refractivity contribution in [3.63, 3.8) is 0 Å². The highest BCUT2D eigenvalue weighted by atomic mass is 19.1. The number of rotatable bonds is 2. The smallest absolute Gasteiger partial charge is 0.102 e. The molecule has 1 heteroatoms. The van der Waals surface area contributed by atoms with Crippen LogP contribution in [0.25, 0.3) is 0 Å². The zero-order valence-corrected chi connectivity index (χ0v) is 7.53. The van der Waals surface area contributed by atoms with E-state index < -0.39 is 0 Å². The predicted octanol–water partition coefficient (Wildman–Crippen LogP) is 3.54. The van der Waals surface area contributed by atoms with Gasteiger partial charge >= 0.3 is 0 Å². The summed E-state index contributed by atoms with van der Waals surface area (Å²) in [6.45, 7) is 9.62. The Morgan fingerprint density at radius 2 is 1.50 bits per heavy atom. The summed E-state index contributed by atoms with van der Waals surface area (Å²) in [5, 5.41) is 0. The Morgan fingerprint density at radius 1 is 1.10 bits per heavy atom. The summed E-state index contributed by atoms with van der Waals surface area (Å²) < 4.78 is 13.0. The van der Waals surface area contributed by atoms with Gasteiger partial charge in [0.05, 0.1) is 0 Å². The van der Waals surface area contributed by atoms with Gasteiger partial charge in [-0.3, -0.25) is 0 Å². The third-order valence-electron chi connectivity index (χ3n) is 1.88. The Balaban J connectivity index is 4.22. The molecule has 0 nitrogen and oxygen atoms in total. The van der Waals surface area contributed by atoms with Crippen molar-refractivity contribution in [1.82, 2.24) is 0 Å². The zero-order chi connectivity index (χ0) is 8.31. The maximum absolute atomic E-state index is 13.0. The molecule has 0 fully saturated rings. The first-order chi connectivity index (χ1) is 4.46. The van der Waals surface area contributed by atoms with Crippen LogP contribution < -0.4 is 0 Å². The SMILES string of the molecule is CC(C)=C(F)[C@H](C)C(C)C. The van der Waals surface area contributed by atoms with Crippen LogP contribution in [0.3, 0.4) is 0 Å². The molecule has 0 N–H and O–H groups in total. The molecule has 0 amide bonds. The Morgan fingerprint density at radius 3 is 1.60 bits per heavy atom. The molecule has 0 rings (SSSR count). The first-order valence-electron chi connectivity index (χ1n) is 3.79. The Hall–Kier alpha value is -0.330. The van der Waals surface area contributed by atoms with Crippen LogP contribution in [-0.4, -0.2) is 0 Å². The fourth-order valence-electron chi connectivity index (χ4n) is 0.748. The van der Waals surface area contributed by atoms with Gasteiger partial charge in [0.25, 0.3) is 0 Å². The van der Waals surface area contributed by atoms with E-state index in [2.05, 4.69) is 0 Å². The van der Waals surface area contributed by atoms with Gasteiger partial charge in [0.1, 0.15) is 5.83 Å². The molecule has 60 valence electrons. The van der Waals surface area contributed by atoms with Crippen LogP contribution in [0.15, 0.2) is 11.4 Å². The monoisotopic (exact) mass is 144 g/mol. The first-order valence-corrected chi connectivity index (χ1v) is 3.79. The topological polar surface area (TPSA) is 0 Å². The summed E-state index contributed by atoms with van der Waals surface area (Å²) in [6, 6.07) is 0. The second-order valence-corrected chi connectivity index (χ2v) is 3.38. The van der Waals surface area contributed by atoms with Crippen molar-refractivity contribution in [3.05, 3.63) is 11.4 Å².